The normalized spacial score (nSPS) is 27.9. The molecule has 3 unspecified atom stereocenters. The Morgan fingerprint density at radius 3 is 2.05 bits per heavy atom. The fourth-order valence-electron chi connectivity index (χ4n) is 3.82. The largest absolute Gasteiger partial charge is 0.383 e. The molecule has 1 fully saturated rings. The van der Waals surface area contributed by atoms with Crippen LogP contribution in [0.2, 0.25) is 0 Å². The lowest BCUT2D eigenvalue weighted by atomic mass is 9.92. The minimum absolute atomic E-state index is 0.323. The van der Waals surface area contributed by atoms with Gasteiger partial charge in [-0.25, -0.2) is 0 Å². The Morgan fingerprint density at radius 2 is 1.52 bits per heavy atom. The SMILES string of the molecule is CCN(C(C)COC)C1CCCCCCCCCCC1N. The van der Waals surface area contributed by atoms with Crippen LogP contribution in [0.4, 0.5) is 0 Å². The highest BCUT2D eigenvalue weighted by Gasteiger charge is 2.27. The van der Waals surface area contributed by atoms with E-state index in [4.69, 9.17) is 10.5 Å². The third-order valence-corrected chi connectivity index (χ3v) is 5.05. The van der Waals surface area contributed by atoms with Gasteiger partial charge >= 0.3 is 0 Å². The van der Waals surface area contributed by atoms with E-state index in [1.54, 1.807) is 7.11 Å². The standard InChI is InChI=1S/C18H38N2O/c1-4-20(16(2)15-21-3)18-14-12-10-8-6-5-7-9-11-13-17(18)19/h16-18H,4-15,19H2,1-3H3. The molecule has 0 heterocycles. The van der Waals surface area contributed by atoms with Crippen molar-refractivity contribution in [1.82, 2.24) is 4.90 Å². The van der Waals surface area contributed by atoms with Crippen LogP contribution in [0.3, 0.4) is 0 Å². The van der Waals surface area contributed by atoms with Crippen LogP contribution in [0, 0.1) is 0 Å². The molecular formula is C18H38N2O. The molecule has 126 valence electrons. The predicted molar refractivity (Wildman–Crippen MR) is 91.7 cm³/mol. The van der Waals surface area contributed by atoms with Gasteiger partial charge in [0.05, 0.1) is 6.61 Å². The smallest absolute Gasteiger partial charge is 0.0615 e. The molecule has 0 spiro atoms. The molecule has 0 amide bonds. The molecule has 0 saturated heterocycles. The average molecular weight is 299 g/mol. The Labute approximate surface area is 132 Å². The molecule has 0 bridgehead atoms. The molecule has 1 saturated carbocycles. The van der Waals surface area contributed by atoms with Gasteiger partial charge in [0.25, 0.3) is 0 Å². The second-order valence-electron chi connectivity index (χ2n) is 6.77. The van der Waals surface area contributed by atoms with Crippen molar-refractivity contribution in [1.29, 1.82) is 0 Å². The summed E-state index contributed by atoms with van der Waals surface area (Å²) in [5, 5.41) is 0. The zero-order valence-corrected chi connectivity index (χ0v) is 14.7. The van der Waals surface area contributed by atoms with Crippen molar-refractivity contribution in [3.8, 4) is 0 Å². The molecule has 21 heavy (non-hydrogen) atoms. The van der Waals surface area contributed by atoms with Crippen LogP contribution in [0.5, 0.6) is 0 Å². The van der Waals surface area contributed by atoms with Crippen LogP contribution in [-0.4, -0.2) is 43.3 Å². The Kier molecular flexibility index (Phi) is 10.3. The number of nitrogens with two attached hydrogens (primary N) is 1. The molecule has 3 heteroatoms. The number of hydrogen-bond acceptors (Lipinski definition) is 3. The van der Waals surface area contributed by atoms with E-state index in [0.717, 1.165) is 13.2 Å². The number of methoxy groups -OCH3 is 1. The highest BCUT2D eigenvalue weighted by molar-refractivity contribution is 4.85. The summed E-state index contributed by atoms with van der Waals surface area (Å²) in [4.78, 5) is 2.58. The van der Waals surface area contributed by atoms with E-state index in [9.17, 15) is 0 Å². The van der Waals surface area contributed by atoms with Gasteiger partial charge in [-0.15, -0.1) is 0 Å². The predicted octanol–water partition coefficient (Wildman–Crippen LogP) is 3.95. The number of nitrogens with zero attached hydrogens (tertiary/aromatic N) is 1. The Bertz CT molecular complexity index is 247. The summed E-state index contributed by atoms with van der Waals surface area (Å²) >= 11 is 0. The molecule has 0 radical (unpaired) electrons. The first kappa shape index (κ1) is 18.9. The zero-order chi connectivity index (χ0) is 15.5. The van der Waals surface area contributed by atoms with Crippen LogP contribution in [0.15, 0.2) is 0 Å². The molecule has 1 aliphatic carbocycles. The van der Waals surface area contributed by atoms with E-state index in [1.165, 1.54) is 64.2 Å². The van der Waals surface area contributed by atoms with Crippen LogP contribution in [0.1, 0.15) is 78.1 Å². The number of hydrogen-bond donors (Lipinski definition) is 1. The minimum Gasteiger partial charge on any atom is -0.383 e. The van der Waals surface area contributed by atoms with Gasteiger partial charge in [0, 0.05) is 25.2 Å². The van der Waals surface area contributed by atoms with E-state index in [1.807, 2.05) is 0 Å². The van der Waals surface area contributed by atoms with E-state index >= 15 is 0 Å². The second-order valence-corrected chi connectivity index (χ2v) is 6.77. The number of likely N-dealkylation sites (N-methyl/N-ethyl adjacent to an activating group) is 1. The molecule has 1 rings (SSSR count). The van der Waals surface area contributed by atoms with Crippen LogP contribution < -0.4 is 5.73 Å². The first-order chi connectivity index (χ1) is 10.2. The Morgan fingerprint density at radius 1 is 1.00 bits per heavy atom. The van der Waals surface area contributed by atoms with Gasteiger partial charge in [-0.1, -0.05) is 58.3 Å². The first-order valence-electron chi connectivity index (χ1n) is 9.21. The number of ether oxygens (including phenoxy) is 1. The molecule has 2 N–H and O–H groups in total. The van der Waals surface area contributed by atoms with Crippen molar-refractivity contribution in [3.05, 3.63) is 0 Å². The molecule has 1 aliphatic rings. The zero-order valence-electron chi connectivity index (χ0n) is 14.7. The molecule has 0 aromatic heterocycles. The fourth-order valence-corrected chi connectivity index (χ4v) is 3.82. The van der Waals surface area contributed by atoms with Gasteiger partial charge in [-0.05, 0) is 26.3 Å². The summed E-state index contributed by atoms with van der Waals surface area (Å²) in [6.45, 7) is 6.41. The average Bonchev–Trinajstić information content (AvgIpc) is 2.46. The third kappa shape index (κ3) is 7.12. The highest BCUT2D eigenvalue weighted by atomic mass is 16.5. The Hall–Kier alpha value is -0.120. The summed E-state index contributed by atoms with van der Waals surface area (Å²) in [5.74, 6) is 0. The number of rotatable bonds is 5. The van der Waals surface area contributed by atoms with Crippen molar-refractivity contribution in [2.45, 2.75) is 96.2 Å². The van der Waals surface area contributed by atoms with Gasteiger partial charge in [0.2, 0.25) is 0 Å². The van der Waals surface area contributed by atoms with Gasteiger partial charge in [0.15, 0.2) is 0 Å². The van der Waals surface area contributed by atoms with Crippen molar-refractivity contribution in [2.24, 2.45) is 5.73 Å². The van der Waals surface area contributed by atoms with E-state index in [-0.39, 0.29) is 0 Å². The maximum Gasteiger partial charge on any atom is 0.0615 e. The van der Waals surface area contributed by atoms with Gasteiger partial charge in [-0.3, -0.25) is 4.90 Å². The summed E-state index contributed by atoms with van der Waals surface area (Å²) in [7, 11) is 1.80. The van der Waals surface area contributed by atoms with Gasteiger partial charge in [-0.2, -0.15) is 0 Å². The Balaban J connectivity index is 2.64. The molecular weight excluding hydrogens is 260 g/mol. The maximum atomic E-state index is 6.59. The quantitative estimate of drug-likeness (QED) is 0.835. The topological polar surface area (TPSA) is 38.5 Å². The molecule has 0 aromatic carbocycles. The van der Waals surface area contributed by atoms with Crippen LogP contribution in [-0.2, 0) is 4.74 Å². The highest BCUT2D eigenvalue weighted by Crippen LogP contribution is 2.21. The maximum absolute atomic E-state index is 6.59. The summed E-state index contributed by atoms with van der Waals surface area (Å²) in [6.07, 6.45) is 13.4. The van der Waals surface area contributed by atoms with Crippen LogP contribution in [0.25, 0.3) is 0 Å². The van der Waals surface area contributed by atoms with E-state index < -0.39 is 0 Å². The molecule has 0 aliphatic heterocycles. The molecule has 3 nitrogen and oxygen atoms in total. The van der Waals surface area contributed by atoms with Crippen LogP contribution >= 0.6 is 0 Å². The van der Waals surface area contributed by atoms with Gasteiger partial charge < -0.3 is 10.5 Å². The van der Waals surface area contributed by atoms with Crippen molar-refractivity contribution >= 4 is 0 Å². The van der Waals surface area contributed by atoms with Crippen molar-refractivity contribution in [3.63, 3.8) is 0 Å². The lowest BCUT2D eigenvalue weighted by Gasteiger charge is -2.39. The summed E-state index contributed by atoms with van der Waals surface area (Å²) in [6, 6.07) is 1.31. The monoisotopic (exact) mass is 298 g/mol. The van der Waals surface area contributed by atoms with E-state index in [0.29, 0.717) is 18.1 Å². The summed E-state index contributed by atoms with van der Waals surface area (Å²) in [5.41, 5.74) is 6.59. The van der Waals surface area contributed by atoms with Crippen molar-refractivity contribution in [2.75, 3.05) is 20.3 Å². The molecule has 0 aromatic rings. The fraction of sp³-hybridized carbons (Fsp3) is 1.00. The molecule has 3 atom stereocenters. The minimum atomic E-state index is 0.323. The summed E-state index contributed by atoms with van der Waals surface area (Å²) < 4.78 is 5.37. The second kappa shape index (κ2) is 11.4. The van der Waals surface area contributed by atoms with E-state index in [2.05, 4.69) is 18.7 Å². The lowest BCUT2D eigenvalue weighted by molar-refractivity contribution is 0.0578. The van der Waals surface area contributed by atoms with Gasteiger partial charge in [0.1, 0.15) is 0 Å². The van der Waals surface area contributed by atoms with Crippen molar-refractivity contribution < 1.29 is 4.74 Å². The first-order valence-corrected chi connectivity index (χ1v) is 9.21. The lowest BCUT2D eigenvalue weighted by Crippen LogP contribution is -2.52. The third-order valence-electron chi connectivity index (χ3n) is 5.05.